The number of aliphatic hydroxyl groups is 1. The van der Waals surface area contributed by atoms with Crippen molar-refractivity contribution >= 4 is 57.5 Å². The molecule has 4 amide bonds. The lowest BCUT2D eigenvalue weighted by Gasteiger charge is -2.36. The number of anilines is 1. The van der Waals surface area contributed by atoms with Crippen LogP contribution in [0, 0.1) is 23.7 Å². The van der Waals surface area contributed by atoms with Gasteiger partial charge in [0.2, 0.25) is 17.7 Å². The third-order valence-corrected chi connectivity index (χ3v) is 15.1. The Bertz CT molecular complexity index is 2950. The summed E-state index contributed by atoms with van der Waals surface area (Å²) < 4.78 is 16.5. The normalized spacial score (nSPS) is 20.5. The van der Waals surface area contributed by atoms with E-state index in [0.29, 0.717) is 34.7 Å². The first-order valence-electron chi connectivity index (χ1n) is 22.5. The fourth-order valence-electron chi connectivity index (χ4n) is 8.83. The number of fused-ring (bicyclic) bond motifs is 1. The number of nitrogens with zero attached hydrogens (tertiary/aromatic N) is 8. The number of carbonyl (C=O) groups excluding carboxylic acids is 4. The molecule has 1 aromatic carbocycles. The van der Waals surface area contributed by atoms with E-state index in [2.05, 4.69) is 47.6 Å². The minimum Gasteiger partial charge on any atom is -0.391 e. The number of thiazole rings is 1. The van der Waals surface area contributed by atoms with Crippen LogP contribution >= 0.6 is 22.7 Å². The smallest absolute Gasteiger partial charge is 0.258 e. The molecule has 0 unspecified atom stereocenters. The molecule has 68 heavy (non-hydrogen) atoms. The highest BCUT2D eigenvalue weighted by Gasteiger charge is 2.53. The first kappa shape index (κ1) is 46.4. The van der Waals surface area contributed by atoms with E-state index in [1.165, 1.54) is 33.8 Å². The van der Waals surface area contributed by atoms with Crippen molar-refractivity contribution in [1.82, 2.24) is 50.6 Å². The van der Waals surface area contributed by atoms with Crippen molar-refractivity contribution < 1.29 is 28.7 Å². The Hall–Kier alpha value is -6.69. The molecule has 5 aromatic heterocycles. The standard InChI is InChI=1S/C48H51FN12O5S2/c1-25-40(67-24-53-25)28-8-6-27(7-9-28)34(56-42(64)38-17-32(62)23-60(38)45(65)41(47(2,3)4)57-46(66)48(49)12-13-48)19-39(63)55-30-15-29(16-30)43-58-59-44(68-43)33-22-52-36(18-35(33)51-5)37-11-10-31-14-26(20-50)21-54-61(31)37/h6-11,14,18,21-22,24,29-30,32,34,38,41,62H,12-13,15-17,19,23H2,1-5H3,(H,51,52)(H,55,63)(H,56,64)(H,57,66)/t29?,30?,32-,34+,38+,41-/m1/s1. The number of aromatic nitrogens is 6. The van der Waals surface area contributed by atoms with Crippen LogP contribution in [0.15, 0.2) is 66.4 Å². The van der Waals surface area contributed by atoms with Gasteiger partial charge in [0.05, 0.1) is 68.9 Å². The predicted octanol–water partition coefficient (Wildman–Crippen LogP) is 5.86. The molecule has 0 bridgehead atoms. The SMILES string of the molecule is CNc1cc(-c2ccc3cc(C#N)cnn23)ncc1-c1nnc(C2CC(NC(=O)C[C@H](NC(=O)[C@@H]3C[C@@H](O)CN3C(=O)[C@@H](NC(=O)C3(F)CC3)C(C)(C)C)c3ccc(-c4scnc4C)cc3)C2)s1. The highest BCUT2D eigenvalue weighted by molar-refractivity contribution is 7.14. The number of likely N-dealkylation sites (tertiary alicyclic amines) is 1. The van der Waals surface area contributed by atoms with E-state index in [9.17, 15) is 33.9 Å². The monoisotopic (exact) mass is 958 g/mol. The zero-order valence-electron chi connectivity index (χ0n) is 38.1. The van der Waals surface area contributed by atoms with E-state index < -0.39 is 53.0 Å². The average Bonchev–Trinajstić information content (AvgIpc) is 3.78. The van der Waals surface area contributed by atoms with Gasteiger partial charge in [0.25, 0.3) is 5.91 Å². The van der Waals surface area contributed by atoms with Crippen molar-refractivity contribution in [2.24, 2.45) is 5.41 Å². The van der Waals surface area contributed by atoms with Gasteiger partial charge in [-0.05, 0) is 73.4 Å². The van der Waals surface area contributed by atoms with Crippen molar-refractivity contribution in [1.29, 1.82) is 5.26 Å². The number of pyridine rings is 1. The van der Waals surface area contributed by atoms with Gasteiger partial charge in [-0.2, -0.15) is 10.4 Å². The number of hydrogen-bond donors (Lipinski definition) is 5. The number of carbonyl (C=O) groups is 4. The molecule has 6 heterocycles. The molecule has 0 spiro atoms. The first-order chi connectivity index (χ1) is 32.5. The summed E-state index contributed by atoms with van der Waals surface area (Å²) >= 11 is 2.98. The Balaban J connectivity index is 0.869. The van der Waals surface area contributed by atoms with E-state index in [1.54, 1.807) is 43.1 Å². The van der Waals surface area contributed by atoms with Crippen molar-refractivity contribution in [3.8, 4) is 38.5 Å². The molecule has 1 saturated heterocycles. The topological polar surface area (TPSA) is 233 Å². The summed E-state index contributed by atoms with van der Waals surface area (Å²) in [6, 6.07) is 13.9. The molecule has 3 fully saturated rings. The van der Waals surface area contributed by atoms with E-state index in [-0.39, 0.29) is 50.1 Å². The highest BCUT2D eigenvalue weighted by atomic mass is 32.1. The van der Waals surface area contributed by atoms with Crippen LogP contribution < -0.4 is 21.3 Å². The summed E-state index contributed by atoms with van der Waals surface area (Å²) in [6.07, 6.45) is 3.54. The molecule has 2 aliphatic carbocycles. The largest absolute Gasteiger partial charge is 0.391 e. The quantitative estimate of drug-likeness (QED) is 0.0864. The lowest BCUT2D eigenvalue weighted by Crippen LogP contribution is -2.59. The van der Waals surface area contributed by atoms with Crippen LogP contribution in [-0.4, -0.2) is 107 Å². The van der Waals surface area contributed by atoms with E-state index in [0.717, 1.165) is 43.6 Å². The highest BCUT2D eigenvalue weighted by Crippen LogP contribution is 2.42. The van der Waals surface area contributed by atoms with E-state index >= 15 is 0 Å². The molecule has 20 heteroatoms. The maximum atomic E-state index is 14.8. The van der Waals surface area contributed by atoms with Gasteiger partial charge in [-0.1, -0.05) is 56.4 Å². The summed E-state index contributed by atoms with van der Waals surface area (Å²) in [7, 11) is 1.83. The molecule has 1 aliphatic heterocycles. The average molecular weight is 959 g/mol. The molecule has 17 nitrogen and oxygen atoms in total. The molecule has 3 aliphatic rings. The Morgan fingerprint density at radius 3 is 2.46 bits per heavy atom. The third kappa shape index (κ3) is 9.42. The first-order valence-corrected chi connectivity index (χ1v) is 24.2. The lowest BCUT2D eigenvalue weighted by molar-refractivity contribution is -0.145. The summed E-state index contributed by atoms with van der Waals surface area (Å²) in [5.41, 5.74) is 5.72. The molecule has 5 N–H and O–H groups in total. The van der Waals surface area contributed by atoms with Gasteiger partial charge in [-0.3, -0.25) is 24.2 Å². The van der Waals surface area contributed by atoms with Gasteiger partial charge < -0.3 is 31.3 Å². The molecule has 6 aromatic rings. The van der Waals surface area contributed by atoms with Crippen LogP contribution in [0.2, 0.25) is 0 Å². The van der Waals surface area contributed by atoms with Crippen LogP contribution in [0.25, 0.3) is 37.9 Å². The van der Waals surface area contributed by atoms with Gasteiger partial charge in [0.15, 0.2) is 10.7 Å². The number of alkyl halides is 1. The van der Waals surface area contributed by atoms with Gasteiger partial charge in [-0.25, -0.2) is 13.9 Å². The zero-order chi connectivity index (χ0) is 48.1. The number of aliphatic hydroxyl groups excluding tert-OH is 1. The maximum Gasteiger partial charge on any atom is 0.258 e. The summed E-state index contributed by atoms with van der Waals surface area (Å²) in [5, 5.41) is 47.1. The van der Waals surface area contributed by atoms with Crippen LogP contribution in [0.1, 0.15) is 93.1 Å². The van der Waals surface area contributed by atoms with Crippen LogP contribution in [0.3, 0.4) is 0 Å². The Morgan fingerprint density at radius 2 is 1.78 bits per heavy atom. The van der Waals surface area contributed by atoms with Crippen LogP contribution in [0.4, 0.5) is 10.1 Å². The number of nitrogens with one attached hydrogen (secondary N) is 4. The number of halogens is 1. The van der Waals surface area contributed by atoms with E-state index in [4.69, 9.17) is 4.98 Å². The second-order valence-electron chi connectivity index (χ2n) is 18.9. The van der Waals surface area contributed by atoms with E-state index in [1.807, 2.05) is 56.4 Å². The van der Waals surface area contributed by atoms with Gasteiger partial charge in [-0.15, -0.1) is 21.5 Å². The minimum atomic E-state index is -2.01. The molecule has 9 rings (SSSR count). The lowest BCUT2D eigenvalue weighted by atomic mass is 9.80. The fourth-order valence-corrected chi connectivity index (χ4v) is 10.6. The minimum absolute atomic E-state index is 0.0541. The molecule has 352 valence electrons. The predicted molar refractivity (Wildman–Crippen MR) is 254 cm³/mol. The number of benzene rings is 1. The number of amides is 4. The number of hydrogen-bond acceptors (Lipinski definition) is 14. The van der Waals surface area contributed by atoms with Crippen molar-refractivity contribution in [3.05, 3.63) is 88.3 Å². The van der Waals surface area contributed by atoms with Crippen molar-refractivity contribution in [3.63, 3.8) is 0 Å². The Kier molecular flexibility index (Phi) is 12.6. The van der Waals surface area contributed by atoms with Crippen LogP contribution in [-0.2, 0) is 19.2 Å². The molecule has 4 atom stereocenters. The summed E-state index contributed by atoms with van der Waals surface area (Å²) in [5.74, 6) is -2.23. The third-order valence-electron chi connectivity index (χ3n) is 13.0. The molecule has 2 saturated carbocycles. The van der Waals surface area contributed by atoms with Crippen LogP contribution in [0.5, 0.6) is 0 Å². The Morgan fingerprint density at radius 1 is 1.01 bits per heavy atom. The second kappa shape index (κ2) is 18.4. The summed E-state index contributed by atoms with van der Waals surface area (Å²) in [6.45, 7) is 7.01. The molecular formula is C48H51FN12O5S2. The van der Waals surface area contributed by atoms with Crippen molar-refractivity contribution in [2.75, 3.05) is 18.9 Å². The van der Waals surface area contributed by atoms with Gasteiger partial charge >= 0.3 is 0 Å². The Labute approximate surface area is 399 Å². The number of aryl methyl sites for hydroxylation is 1. The second-order valence-corrected chi connectivity index (χ2v) is 20.8. The molecular weight excluding hydrogens is 908 g/mol. The maximum absolute atomic E-state index is 14.8. The number of rotatable bonds is 14. The van der Waals surface area contributed by atoms with Gasteiger partial charge in [0.1, 0.15) is 23.2 Å². The van der Waals surface area contributed by atoms with Gasteiger partial charge in [0, 0.05) is 43.9 Å². The zero-order valence-corrected chi connectivity index (χ0v) is 39.8. The summed E-state index contributed by atoms with van der Waals surface area (Å²) in [4.78, 5) is 66.4. The fraction of sp³-hybridized carbons (Fsp3) is 0.417. The van der Waals surface area contributed by atoms with Crippen molar-refractivity contribution in [2.45, 2.75) is 108 Å². The number of β-amino-alcohol motifs (C(OH)–C–C–N with tert-alkyl or cyclic N) is 1. The number of nitriles is 1. The molecule has 0 radical (unpaired) electrons.